The summed E-state index contributed by atoms with van der Waals surface area (Å²) in [6.45, 7) is 5.97. The number of amides is 1. The average Bonchev–Trinajstić information content (AvgIpc) is 2.56. The van der Waals surface area contributed by atoms with Crippen molar-refractivity contribution < 1.29 is 13.9 Å². The van der Waals surface area contributed by atoms with Crippen molar-refractivity contribution in [2.75, 3.05) is 11.4 Å². The minimum absolute atomic E-state index is 0.00868. The van der Waals surface area contributed by atoms with E-state index in [4.69, 9.17) is 27.9 Å². The van der Waals surface area contributed by atoms with Gasteiger partial charge < -0.3 is 9.64 Å². The number of carbonyl (C=O) groups is 1. The molecule has 3 heterocycles. The van der Waals surface area contributed by atoms with Gasteiger partial charge in [0.1, 0.15) is 16.9 Å². The molecular formula is C17H18Cl2FN5O2. The SMILES string of the molecule is CC(C)(C)OC(=O)NC1=CN(c2nc(Cl)nc3c(F)c(Cl)ncc23)CCC1. The highest BCUT2D eigenvalue weighted by Crippen LogP contribution is 2.31. The van der Waals surface area contributed by atoms with E-state index in [1.54, 1.807) is 31.9 Å². The van der Waals surface area contributed by atoms with Gasteiger partial charge in [0.25, 0.3) is 0 Å². The first-order valence-electron chi connectivity index (χ1n) is 8.28. The summed E-state index contributed by atoms with van der Waals surface area (Å²) in [4.78, 5) is 25.7. The smallest absolute Gasteiger partial charge is 0.411 e. The number of halogens is 3. The third kappa shape index (κ3) is 4.56. The molecule has 1 aliphatic heterocycles. The fourth-order valence-corrected chi connectivity index (χ4v) is 2.97. The van der Waals surface area contributed by atoms with Crippen LogP contribution in [-0.2, 0) is 4.74 Å². The van der Waals surface area contributed by atoms with E-state index in [1.165, 1.54) is 6.20 Å². The quantitative estimate of drug-likeness (QED) is 0.578. The summed E-state index contributed by atoms with van der Waals surface area (Å²) in [5, 5.41) is 2.70. The molecule has 0 aromatic carbocycles. The lowest BCUT2D eigenvalue weighted by Crippen LogP contribution is -2.35. The lowest BCUT2D eigenvalue weighted by atomic mass is 10.1. The zero-order valence-corrected chi connectivity index (χ0v) is 16.5. The van der Waals surface area contributed by atoms with Crippen LogP contribution < -0.4 is 10.2 Å². The van der Waals surface area contributed by atoms with Gasteiger partial charge in [0, 0.05) is 24.6 Å². The third-order valence-corrected chi connectivity index (χ3v) is 4.12. The van der Waals surface area contributed by atoms with E-state index < -0.39 is 17.5 Å². The Morgan fingerprint density at radius 3 is 2.78 bits per heavy atom. The number of fused-ring (bicyclic) bond motifs is 1. The number of ether oxygens (including phenoxy) is 1. The van der Waals surface area contributed by atoms with Gasteiger partial charge in [-0.1, -0.05) is 11.6 Å². The molecule has 2 aromatic heterocycles. The molecule has 0 aliphatic carbocycles. The summed E-state index contributed by atoms with van der Waals surface area (Å²) in [7, 11) is 0. The van der Waals surface area contributed by atoms with Crippen LogP contribution in [0.4, 0.5) is 15.0 Å². The van der Waals surface area contributed by atoms with Crippen molar-refractivity contribution in [1.82, 2.24) is 20.3 Å². The fraction of sp³-hybridized carbons (Fsp3) is 0.412. The molecule has 7 nitrogen and oxygen atoms in total. The minimum atomic E-state index is -0.757. The number of nitrogens with zero attached hydrogens (tertiary/aromatic N) is 4. The second-order valence-electron chi connectivity index (χ2n) is 7.02. The predicted molar refractivity (Wildman–Crippen MR) is 101 cm³/mol. The highest BCUT2D eigenvalue weighted by Gasteiger charge is 2.22. The van der Waals surface area contributed by atoms with E-state index in [1.807, 2.05) is 0 Å². The van der Waals surface area contributed by atoms with Gasteiger partial charge in [-0.2, -0.15) is 4.98 Å². The van der Waals surface area contributed by atoms with Gasteiger partial charge in [0.05, 0.1) is 5.39 Å². The third-order valence-electron chi connectivity index (χ3n) is 3.68. The van der Waals surface area contributed by atoms with Gasteiger partial charge in [-0.3, -0.25) is 5.32 Å². The summed E-state index contributed by atoms with van der Waals surface area (Å²) in [6.07, 6.45) is 3.98. The molecule has 0 saturated heterocycles. The molecular weight excluding hydrogens is 396 g/mol. The molecule has 10 heteroatoms. The Morgan fingerprint density at radius 2 is 2.07 bits per heavy atom. The van der Waals surface area contributed by atoms with Gasteiger partial charge >= 0.3 is 6.09 Å². The molecule has 0 unspecified atom stereocenters. The van der Waals surface area contributed by atoms with Gasteiger partial charge in [0.15, 0.2) is 11.0 Å². The van der Waals surface area contributed by atoms with E-state index in [0.717, 1.165) is 6.42 Å². The number of pyridine rings is 1. The Balaban J connectivity index is 1.94. The van der Waals surface area contributed by atoms with Crippen molar-refractivity contribution in [3.8, 4) is 0 Å². The Kier molecular flexibility index (Phi) is 5.39. The largest absolute Gasteiger partial charge is 0.444 e. The number of carbonyl (C=O) groups excluding carboxylic acids is 1. The Bertz CT molecular complexity index is 930. The van der Waals surface area contributed by atoms with Crippen molar-refractivity contribution in [2.45, 2.75) is 39.2 Å². The number of hydrogen-bond donors (Lipinski definition) is 1. The maximum absolute atomic E-state index is 14.3. The second-order valence-corrected chi connectivity index (χ2v) is 7.72. The lowest BCUT2D eigenvalue weighted by molar-refractivity contribution is 0.0543. The molecule has 1 aliphatic rings. The first kappa shape index (κ1) is 19.6. The van der Waals surface area contributed by atoms with E-state index in [2.05, 4.69) is 20.3 Å². The topological polar surface area (TPSA) is 80.2 Å². The van der Waals surface area contributed by atoms with Crippen LogP contribution >= 0.6 is 23.2 Å². The van der Waals surface area contributed by atoms with Crippen molar-refractivity contribution in [3.05, 3.63) is 34.3 Å². The van der Waals surface area contributed by atoms with Crippen LogP contribution in [0.25, 0.3) is 10.9 Å². The minimum Gasteiger partial charge on any atom is -0.444 e. The predicted octanol–water partition coefficient (Wildman–Crippen LogP) is 4.44. The molecule has 0 atom stereocenters. The molecule has 144 valence electrons. The van der Waals surface area contributed by atoms with Gasteiger partial charge in [-0.05, 0) is 45.2 Å². The van der Waals surface area contributed by atoms with Crippen LogP contribution in [-0.4, -0.2) is 33.2 Å². The molecule has 0 fully saturated rings. The highest BCUT2D eigenvalue weighted by molar-refractivity contribution is 6.30. The zero-order chi connectivity index (χ0) is 19.8. The van der Waals surface area contributed by atoms with Crippen LogP contribution in [0.5, 0.6) is 0 Å². The summed E-state index contributed by atoms with van der Waals surface area (Å²) in [5.41, 5.74) is 0.0455. The van der Waals surface area contributed by atoms with Gasteiger partial charge in [-0.15, -0.1) is 0 Å². The van der Waals surface area contributed by atoms with Crippen LogP contribution in [0.3, 0.4) is 0 Å². The maximum atomic E-state index is 14.3. The zero-order valence-electron chi connectivity index (χ0n) is 15.0. The summed E-state index contributed by atoms with van der Waals surface area (Å²) in [5.74, 6) is -0.371. The Labute approximate surface area is 165 Å². The standard InChI is InChI=1S/C17H18Cl2FN5O2/c1-17(2,3)27-16(26)22-9-5-4-6-25(8-9)14-10-7-21-13(18)11(20)12(10)23-15(19)24-14/h7-8H,4-6H2,1-3H3,(H,22,26). The fourth-order valence-electron chi connectivity index (χ4n) is 2.67. The van der Waals surface area contributed by atoms with E-state index in [9.17, 15) is 9.18 Å². The second kappa shape index (κ2) is 7.44. The van der Waals surface area contributed by atoms with Crippen molar-refractivity contribution in [1.29, 1.82) is 0 Å². The summed E-state index contributed by atoms with van der Waals surface area (Å²) in [6, 6.07) is 0. The number of hydrogen-bond acceptors (Lipinski definition) is 6. The highest BCUT2D eigenvalue weighted by atomic mass is 35.5. The van der Waals surface area contributed by atoms with Gasteiger partial charge in [-0.25, -0.2) is 19.2 Å². The summed E-state index contributed by atoms with van der Waals surface area (Å²) < 4.78 is 19.6. The van der Waals surface area contributed by atoms with Crippen LogP contribution in [0.15, 0.2) is 18.1 Å². The lowest BCUT2D eigenvalue weighted by Gasteiger charge is -2.27. The van der Waals surface area contributed by atoms with Crippen molar-refractivity contribution in [3.63, 3.8) is 0 Å². The molecule has 1 amide bonds. The molecule has 0 radical (unpaired) electrons. The van der Waals surface area contributed by atoms with E-state index in [-0.39, 0.29) is 16.0 Å². The molecule has 0 spiro atoms. The number of anilines is 1. The van der Waals surface area contributed by atoms with Crippen LogP contribution in [0.1, 0.15) is 33.6 Å². The van der Waals surface area contributed by atoms with Crippen LogP contribution in [0, 0.1) is 5.82 Å². The molecule has 0 saturated carbocycles. The van der Waals surface area contributed by atoms with E-state index in [0.29, 0.717) is 29.9 Å². The monoisotopic (exact) mass is 413 g/mol. The number of allylic oxidation sites excluding steroid dienone is 1. The van der Waals surface area contributed by atoms with Crippen molar-refractivity contribution >= 4 is 46.0 Å². The number of alkyl carbamates (subject to hydrolysis) is 1. The number of aromatic nitrogens is 3. The molecule has 0 bridgehead atoms. The maximum Gasteiger partial charge on any atom is 0.411 e. The molecule has 1 N–H and O–H groups in total. The number of nitrogens with one attached hydrogen (secondary N) is 1. The van der Waals surface area contributed by atoms with Gasteiger partial charge in [0.2, 0.25) is 5.28 Å². The Hall–Kier alpha value is -2.19. The van der Waals surface area contributed by atoms with Crippen molar-refractivity contribution in [2.24, 2.45) is 0 Å². The Morgan fingerprint density at radius 1 is 1.33 bits per heavy atom. The first-order valence-corrected chi connectivity index (χ1v) is 9.04. The molecule has 2 aromatic rings. The van der Waals surface area contributed by atoms with Crippen LogP contribution in [0.2, 0.25) is 10.4 Å². The molecule has 27 heavy (non-hydrogen) atoms. The first-order chi connectivity index (χ1) is 12.6. The number of rotatable bonds is 2. The molecule has 3 rings (SSSR count). The average molecular weight is 414 g/mol. The van der Waals surface area contributed by atoms with E-state index >= 15 is 0 Å². The summed E-state index contributed by atoms with van der Waals surface area (Å²) >= 11 is 11.7. The normalized spacial score (nSPS) is 14.9.